The van der Waals surface area contributed by atoms with Gasteiger partial charge in [0.15, 0.2) is 0 Å². The van der Waals surface area contributed by atoms with E-state index in [1.165, 1.54) is 6.26 Å². The summed E-state index contributed by atoms with van der Waals surface area (Å²) in [5, 5.41) is 4.28. The Kier molecular flexibility index (Phi) is 4.50. The number of pyridine rings is 1. The minimum atomic E-state index is -3.08. The smallest absolute Gasteiger partial charge is 0.211 e. The van der Waals surface area contributed by atoms with Crippen molar-refractivity contribution in [2.45, 2.75) is 26.3 Å². The van der Waals surface area contributed by atoms with Gasteiger partial charge >= 0.3 is 0 Å². The van der Waals surface area contributed by atoms with Gasteiger partial charge in [0.25, 0.3) is 0 Å². The molecule has 1 aliphatic rings. The van der Waals surface area contributed by atoms with E-state index < -0.39 is 10.0 Å². The fraction of sp³-hybridized carbons (Fsp3) is 0.500. The van der Waals surface area contributed by atoms with Crippen LogP contribution in [0.15, 0.2) is 30.5 Å². The maximum absolute atomic E-state index is 11.6. The van der Waals surface area contributed by atoms with Crippen LogP contribution in [-0.2, 0) is 23.0 Å². The molecule has 124 valence electrons. The Labute approximate surface area is 137 Å². The van der Waals surface area contributed by atoms with E-state index in [4.69, 9.17) is 4.98 Å². The van der Waals surface area contributed by atoms with Gasteiger partial charge < -0.3 is 0 Å². The number of aryl methyl sites for hydroxylation is 1. The van der Waals surface area contributed by atoms with Gasteiger partial charge in [-0.15, -0.1) is 0 Å². The number of sulfonamides is 1. The summed E-state index contributed by atoms with van der Waals surface area (Å²) >= 11 is 0. The normalized spacial score (nSPS) is 19.3. The summed E-state index contributed by atoms with van der Waals surface area (Å²) in [6.07, 6.45) is 4.76. The highest BCUT2D eigenvalue weighted by atomic mass is 32.2. The van der Waals surface area contributed by atoms with Crippen LogP contribution < -0.4 is 0 Å². The van der Waals surface area contributed by atoms with Crippen LogP contribution in [-0.4, -0.2) is 46.8 Å². The lowest BCUT2D eigenvalue weighted by molar-refractivity contribution is 0.459. The molecule has 1 atom stereocenters. The number of hydrogen-bond donors (Lipinski definition) is 0. The number of aromatic nitrogens is 3. The number of hydrogen-bond acceptors (Lipinski definition) is 4. The predicted molar refractivity (Wildman–Crippen MR) is 89.4 cm³/mol. The van der Waals surface area contributed by atoms with Crippen molar-refractivity contribution in [3.05, 3.63) is 36.2 Å². The third kappa shape index (κ3) is 3.61. The van der Waals surface area contributed by atoms with Crippen LogP contribution in [0.1, 0.15) is 19.0 Å². The van der Waals surface area contributed by atoms with Crippen molar-refractivity contribution in [2.24, 2.45) is 5.92 Å². The second kappa shape index (κ2) is 6.41. The summed E-state index contributed by atoms with van der Waals surface area (Å²) in [6.45, 7) is 4.07. The molecule has 1 unspecified atom stereocenters. The second-order valence-electron chi connectivity index (χ2n) is 6.03. The number of rotatable bonds is 5. The Balaban J connectivity index is 1.74. The molecule has 7 heteroatoms. The summed E-state index contributed by atoms with van der Waals surface area (Å²) in [4.78, 5) is 4.75. The molecule has 1 aliphatic heterocycles. The first-order valence-electron chi connectivity index (χ1n) is 7.90. The van der Waals surface area contributed by atoms with E-state index in [2.05, 4.69) is 12.0 Å². The van der Waals surface area contributed by atoms with Crippen LogP contribution in [0, 0.1) is 5.92 Å². The fourth-order valence-electron chi connectivity index (χ4n) is 3.10. The third-order valence-corrected chi connectivity index (χ3v) is 5.57. The van der Waals surface area contributed by atoms with Crippen LogP contribution in [0.25, 0.3) is 11.4 Å². The zero-order valence-electron chi connectivity index (χ0n) is 13.5. The van der Waals surface area contributed by atoms with Gasteiger partial charge in [-0.25, -0.2) is 12.7 Å². The van der Waals surface area contributed by atoms with Crippen molar-refractivity contribution in [3.8, 4) is 11.4 Å². The molecular formula is C16H22N4O2S. The van der Waals surface area contributed by atoms with E-state index in [9.17, 15) is 8.42 Å². The highest BCUT2D eigenvalue weighted by molar-refractivity contribution is 7.88. The van der Waals surface area contributed by atoms with E-state index in [0.717, 1.165) is 36.5 Å². The Morgan fingerprint density at radius 2 is 2.13 bits per heavy atom. The lowest BCUT2D eigenvalue weighted by Gasteiger charge is -2.13. The zero-order chi connectivity index (χ0) is 16.4. The molecular weight excluding hydrogens is 312 g/mol. The minimum absolute atomic E-state index is 0.337. The van der Waals surface area contributed by atoms with Crippen LogP contribution in [0.3, 0.4) is 0 Å². The zero-order valence-corrected chi connectivity index (χ0v) is 14.3. The molecule has 2 aromatic heterocycles. The first-order chi connectivity index (χ1) is 11.0. The van der Waals surface area contributed by atoms with Gasteiger partial charge in [-0.2, -0.15) is 5.10 Å². The summed E-state index contributed by atoms with van der Waals surface area (Å²) in [7, 11) is -3.08. The van der Waals surface area contributed by atoms with Crippen molar-refractivity contribution >= 4 is 10.0 Å². The standard InChI is InChI=1S/C16H22N4O2S/c1-3-20-16(7-9-17-20)15-6-4-5-14(18-15)11-13-8-10-19(12-13)23(2,21)22/h4-7,9,13H,3,8,10-12H2,1-2H3. The van der Waals surface area contributed by atoms with Crippen molar-refractivity contribution < 1.29 is 8.42 Å². The summed E-state index contributed by atoms with van der Waals surface area (Å²) in [5.41, 5.74) is 2.94. The molecule has 0 radical (unpaired) electrons. The monoisotopic (exact) mass is 334 g/mol. The van der Waals surface area contributed by atoms with Gasteiger partial charge in [-0.05, 0) is 43.9 Å². The van der Waals surface area contributed by atoms with Crippen LogP contribution >= 0.6 is 0 Å². The molecule has 3 rings (SSSR count). The van der Waals surface area contributed by atoms with Crippen molar-refractivity contribution in [3.63, 3.8) is 0 Å². The molecule has 0 aromatic carbocycles. The maximum atomic E-state index is 11.6. The lowest BCUT2D eigenvalue weighted by atomic mass is 10.0. The van der Waals surface area contributed by atoms with Crippen molar-refractivity contribution in [1.29, 1.82) is 0 Å². The van der Waals surface area contributed by atoms with E-state index in [0.29, 0.717) is 19.0 Å². The van der Waals surface area contributed by atoms with Crippen LogP contribution in [0.2, 0.25) is 0 Å². The molecule has 3 heterocycles. The molecule has 1 fully saturated rings. The van der Waals surface area contributed by atoms with Crippen molar-refractivity contribution in [1.82, 2.24) is 19.1 Å². The van der Waals surface area contributed by atoms with Gasteiger partial charge in [-0.3, -0.25) is 9.67 Å². The predicted octanol–water partition coefficient (Wildman–Crippen LogP) is 1.79. The lowest BCUT2D eigenvalue weighted by Crippen LogP contribution is -2.27. The molecule has 1 saturated heterocycles. The molecule has 6 nitrogen and oxygen atoms in total. The topological polar surface area (TPSA) is 68.1 Å². The quantitative estimate of drug-likeness (QED) is 0.836. The third-order valence-electron chi connectivity index (χ3n) is 4.30. The van der Waals surface area contributed by atoms with E-state index in [-0.39, 0.29) is 0 Å². The maximum Gasteiger partial charge on any atom is 0.211 e. The van der Waals surface area contributed by atoms with Gasteiger partial charge in [0.1, 0.15) is 0 Å². The van der Waals surface area contributed by atoms with E-state index in [1.807, 2.05) is 28.9 Å². The van der Waals surface area contributed by atoms with Crippen LogP contribution in [0.5, 0.6) is 0 Å². The van der Waals surface area contributed by atoms with Crippen molar-refractivity contribution in [2.75, 3.05) is 19.3 Å². The molecule has 0 amide bonds. The minimum Gasteiger partial charge on any atom is -0.264 e. The Morgan fingerprint density at radius 3 is 2.83 bits per heavy atom. The average molecular weight is 334 g/mol. The molecule has 2 aromatic rings. The Hall–Kier alpha value is -1.73. The molecule has 0 spiro atoms. The highest BCUT2D eigenvalue weighted by Gasteiger charge is 2.28. The Morgan fingerprint density at radius 1 is 1.30 bits per heavy atom. The molecule has 0 aliphatic carbocycles. The van der Waals surface area contributed by atoms with Crippen LogP contribution in [0.4, 0.5) is 0 Å². The second-order valence-corrected chi connectivity index (χ2v) is 8.01. The number of nitrogens with zero attached hydrogens (tertiary/aromatic N) is 4. The summed E-state index contributed by atoms with van der Waals surface area (Å²) < 4.78 is 26.7. The van der Waals surface area contributed by atoms with Gasteiger partial charge in [-0.1, -0.05) is 6.07 Å². The summed E-state index contributed by atoms with van der Waals surface area (Å²) in [5.74, 6) is 0.337. The highest BCUT2D eigenvalue weighted by Crippen LogP contribution is 2.23. The van der Waals surface area contributed by atoms with E-state index in [1.54, 1.807) is 10.5 Å². The molecule has 0 saturated carbocycles. The largest absolute Gasteiger partial charge is 0.264 e. The summed E-state index contributed by atoms with van der Waals surface area (Å²) in [6, 6.07) is 7.98. The molecule has 23 heavy (non-hydrogen) atoms. The first-order valence-corrected chi connectivity index (χ1v) is 9.75. The Bertz CT molecular complexity index is 785. The SMILES string of the molecule is CCn1nccc1-c1cccc(CC2CCN(S(C)(=O)=O)C2)n1. The first kappa shape index (κ1) is 16.1. The van der Waals surface area contributed by atoms with Gasteiger partial charge in [0.2, 0.25) is 10.0 Å². The van der Waals surface area contributed by atoms with Gasteiger partial charge in [0.05, 0.1) is 17.6 Å². The average Bonchev–Trinajstić information content (AvgIpc) is 3.15. The van der Waals surface area contributed by atoms with Gasteiger partial charge in [0, 0.05) is 31.5 Å². The van der Waals surface area contributed by atoms with E-state index >= 15 is 0 Å². The molecule has 0 bridgehead atoms. The molecule has 0 N–H and O–H groups in total. The fourth-order valence-corrected chi connectivity index (χ4v) is 4.02.